The predicted molar refractivity (Wildman–Crippen MR) is 128 cm³/mol. The van der Waals surface area contributed by atoms with E-state index in [1.54, 1.807) is 35.0 Å². The van der Waals surface area contributed by atoms with Crippen LogP contribution in [0.2, 0.25) is 0 Å². The van der Waals surface area contributed by atoms with Gasteiger partial charge < -0.3 is 0 Å². The number of fused-ring (bicyclic) bond motifs is 1. The van der Waals surface area contributed by atoms with Crippen LogP contribution in [0.15, 0.2) is 71.9 Å². The van der Waals surface area contributed by atoms with Gasteiger partial charge in [-0.15, -0.1) is 0 Å². The summed E-state index contributed by atoms with van der Waals surface area (Å²) in [6, 6.07) is 16.3. The molecule has 1 fully saturated rings. The molecule has 1 aliphatic rings. The number of piperidine rings is 1. The first-order valence-electron chi connectivity index (χ1n) is 11.2. The Bertz CT molecular complexity index is 1440. The Hall–Kier alpha value is -3.43. The normalized spacial score (nSPS) is 15.6. The summed E-state index contributed by atoms with van der Waals surface area (Å²) in [5.41, 5.74) is 3.43. The molecule has 34 heavy (non-hydrogen) atoms. The van der Waals surface area contributed by atoms with Gasteiger partial charge in [-0.2, -0.15) is 19.6 Å². The van der Waals surface area contributed by atoms with E-state index in [-0.39, 0.29) is 23.0 Å². The lowest BCUT2D eigenvalue weighted by molar-refractivity contribution is -0.123. The van der Waals surface area contributed by atoms with Gasteiger partial charge in [-0.25, -0.2) is 8.42 Å². The number of aromatic nitrogens is 4. The zero-order valence-electron chi connectivity index (χ0n) is 18.8. The molecule has 4 aromatic rings. The molecule has 0 spiro atoms. The van der Waals surface area contributed by atoms with Gasteiger partial charge in [0.25, 0.3) is 0 Å². The number of sulfonamides is 1. The Balaban J connectivity index is 1.26. The quantitative estimate of drug-likeness (QED) is 0.425. The maximum atomic E-state index is 13.0. The summed E-state index contributed by atoms with van der Waals surface area (Å²) < 4.78 is 28.9. The van der Waals surface area contributed by atoms with Crippen LogP contribution >= 0.6 is 0 Å². The van der Waals surface area contributed by atoms with E-state index in [2.05, 4.69) is 15.3 Å². The van der Waals surface area contributed by atoms with Gasteiger partial charge in [0.1, 0.15) is 5.78 Å². The number of benzene rings is 2. The van der Waals surface area contributed by atoms with E-state index < -0.39 is 10.0 Å². The predicted octanol–water partition coefficient (Wildman–Crippen LogP) is 3.24. The van der Waals surface area contributed by atoms with E-state index in [4.69, 9.17) is 0 Å². The van der Waals surface area contributed by atoms with Crippen LogP contribution in [0, 0.1) is 5.92 Å². The van der Waals surface area contributed by atoms with Crippen molar-refractivity contribution in [1.29, 1.82) is 0 Å². The molecule has 174 valence electrons. The maximum Gasteiger partial charge on any atom is 0.243 e. The van der Waals surface area contributed by atoms with E-state index in [1.165, 1.54) is 4.31 Å². The average Bonchev–Trinajstić information content (AvgIpc) is 3.30. The van der Waals surface area contributed by atoms with Gasteiger partial charge >= 0.3 is 0 Å². The van der Waals surface area contributed by atoms with Gasteiger partial charge in [-0.1, -0.05) is 24.3 Å². The molecule has 0 aliphatic carbocycles. The number of ketones is 1. The van der Waals surface area contributed by atoms with Gasteiger partial charge in [-0.3, -0.25) is 9.48 Å². The number of aryl methyl sites for hydroxylation is 1. The lowest BCUT2D eigenvalue weighted by atomic mass is 9.91. The molecule has 0 bridgehead atoms. The Morgan fingerprint density at radius 2 is 1.76 bits per heavy atom. The Morgan fingerprint density at radius 3 is 2.47 bits per heavy atom. The van der Waals surface area contributed by atoms with Crippen LogP contribution in [-0.2, 0) is 28.3 Å². The topological polar surface area (TPSA) is 98.0 Å². The van der Waals surface area contributed by atoms with Crippen LogP contribution in [0.4, 0.5) is 0 Å². The number of hydrogen-bond acceptors (Lipinski definition) is 6. The molecule has 5 rings (SSSR count). The summed E-state index contributed by atoms with van der Waals surface area (Å²) in [5, 5.41) is 13.7. The molecule has 9 heteroatoms. The minimum Gasteiger partial charge on any atom is -0.299 e. The summed E-state index contributed by atoms with van der Waals surface area (Å²) in [4.78, 5) is 13.3. The molecule has 8 nitrogen and oxygen atoms in total. The highest BCUT2D eigenvalue weighted by Gasteiger charge is 2.32. The van der Waals surface area contributed by atoms with Crippen molar-refractivity contribution in [2.24, 2.45) is 13.0 Å². The van der Waals surface area contributed by atoms with Crippen molar-refractivity contribution in [3.63, 3.8) is 0 Å². The van der Waals surface area contributed by atoms with Crippen molar-refractivity contribution in [3.8, 4) is 11.1 Å². The highest BCUT2D eigenvalue weighted by molar-refractivity contribution is 7.89. The van der Waals surface area contributed by atoms with E-state index in [0.29, 0.717) is 31.6 Å². The minimum atomic E-state index is -3.53. The van der Waals surface area contributed by atoms with Gasteiger partial charge in [0, 0.05) is 43.2 Å². The molecule has 0 radical (unpaired) electrons. The van der Waals surface area contributed by atoms with Crippen LogP contribution in [0.5, 0.6) is 0 Å². The monoisotopic (exact) mass is 475 g/mol. The first-order valence-corrected chi connectivity index (χ1v) is 12.7. The second kappa shape index (κ2) is 9.08. The van der Waals surface area contributed by atoms with Gasteiger partial charge in [0.15, 0.2) is 0 Å². The van der Waals surface area contributed by atoms with E-state index >= 15 is 0 Å². The zero-order chi connectivity index (χ0) is 23.7. The Kier molecular flexibility index (Phi) is 5.97. The van der Waals surface area contributed by atoms with Gasteiger partial charge in [-0.05, 0) is 48.7 Å². The Morgan fingerprint density at radius 1 is 1.00 bits per heavy atom. The molecule has 2 aromatic carbocycles. The standard InChI is InChI=1S/C25H25N5O3S/c1-29-17-21(16-26-29)19-7-8-24-20(13-19)14-22(27-28-24)15-25(31)18-9-11-30(12-10-18)34(32,33)23-5-3-2-4-6-23/h2-8,13-14,16-18H,9-12,15H2,1H3. The van der Waals surface area contributed by atoms with Crippen LogP contribution in [0.25, 0.3) is 22.0 Å². The molecular formula is C25H25N5O3S. The molecule has 1 aliphatic heterocycles. The number of nitrogens with zero attached hydrogens (tertiary/aromatic N) is 5. The number of rotatable bonds is 6. The van der Waals surface area contributed by atoms with Gasteiger partial charge in [0.2, 0.25) is 10.0 Å². The fourth-order valence-corrected chi connectivity index (χ4v) is 5.90. The zero-order valence-corrected chi connectivity index (χ0v) is 19.6. The van der Waals surface area contributed by atoms with Crippen molar-refractivity contribution >= 4 is 26.7 Å². The first-order chi connectivity index (χ1) is 16.4. The third-order valence-electron chi connectivity index (χ3n) is 6.32. The van der Waals surface area contributed by atoms with Crippen molar-refractivity contribution in [2.75, 3.05) is 13.1 Å². The van der Waals surface area contributed by atoms with Crippen molar-refractivity contribution in [1.82, 2.24) is 24.3 Å². The summed E-state index contributed by atoms with van der Waals surface area (Å²) in [6.45, 7) is 0.678. The fourth-order valence-electron chi connectivity index (χ4n) is 4.41. The number of carbonyl (C=O) groups is 1. The fraction of sp³-hybridized carbons (Fsp3) is 0.280. The Labute approximate surface area is 198 Å². The molecule has 0 saturated carbocycles. The van der Waals surface area contributed by atoms with Crippen molar-refractivity contribution < 1.29 is 13.2 Å². The molecule has 0 unspecified atom stereocenters. The average molecular weight is 476 g/mol. The van der Waals surface area contributed by atoms with Crippen molar-refractivity contribution in [3.05, 3.63) is 72.7 Å². The highest BCUT2D eigenvalue weighted by Crippen LogP contribution is 2.26. The van der Waals surface area contributed by atoms with E-state index in [9.17, 15) is 13.2 Å². The second-order valence-corrected chi connectivity index (χ2v) is 10.6. The van der Waals surface area contributed by atoms with Crippen LogP contribution in [-0.4, -0.2) is 51.6 Å². The molecule has 1 saturated heterocycles. The summed E-state index contributed by atoms with van der Waals surface area (Å²) in [7, 11) is -1.65. The summed E-state index contributed by atoms with van der Waals surface area (Å²) >= 11 is 0. The van der Waals surface area contributed by atoms with Crippen LogP contribution in [0.3, 0.4) is 0 Å². The smallest absolute Gasteiger partial charge is 0.243 e. The summed E-state index contributed by atoms with van der Waals surface area (Å²) in [6.07, 6.45) is 4.97. The lowest BCUT2D eigenvalue weighted by Crippen LogP contribution is -2.40. The molecule has 2 aromatic heterocycles. The molecule has 0 amide bonds. The third-order valence-corrected chi connectivity index (χ3v) is 8.23. The third kappa shape index (κ3) is 4.49. The number of Topliss-reactive ketones (excluding diaryl/α,β-unsaturated/α-hetero) is 1. The van der Waals surface area contributed by atoms with Crippen LogP contribution < -0.4 is 0 Å². The number of carbonyl (C=O) groups excluding carboxylic acids is 1. The molecular weight excluding hydrogens is 450 g/mol. The van der Waals surface area contributed by atoms with Gasteiger partial charge in [0.05, 0.1) is 28.7 Å². The van der Waals surface area contributed by atoms with E-state index in [0.717, 1.165) is 22.0 Å². The lowest BCUT2D eigenvalue weighted by Gasteiger charge is -2.30. The minimum absolute atomic E-state index is 0.0776. The SMILES string of the molecule is Cn1cc(-c2ccc3nnc(CC(=O)C4CCN(S(=O)(=O)c5ccccc5)CC4)cc3c2)cn1. The maximum absolute atomic E-state index is 13.0. The molecule has 0 atom stereocenters. The first kappa shape index (κ1) is 22.4. The largest absolute Gasteiger partial charge is 0.299 e. The molecule has 0 N–H and O–H groups in total. The van der Waals surface area contributed by atoms with Crippen molar-refractivity contribution in [2.45, 2.75) is 24.2 Å². The molecule has 3 heterocycles. The van der Waals surface area contributed by atoms with E-state index in [1.807, 2.05) is 43.7 Å². The second-order valence-electron chi connectivity index (χ2n) is 8.65. The van der Waals surface area contributed by atoms with Crippen LogP contribution in [0.1, 0.15) is 18.5 Å². The highest BCUT2D eigenvalue weighted by atomic mass is 32.2. The number of hydrogen-bond donors (Lipinski definition) is 0. The summed E-state index contributed by atoms with van der Waals surface area (Å²) in [5.74, 6) is -0.102.